The zero-order chi connectivity index (χ0) is 13.1. The number of anilines is 1. The summed E-state index contributed by atoms with van der Waals surface area (Å²) in [6, 6.07) is 8.25. The second kappa shape index (κ2) is 4.75. The third kappa shape index (κ3) is 2.40. The molecule has 2 aromatic rings. The van der Waals surface area contributed by atoms with Gasteiger partial charge in [0.15, 0.2) is 0 Å². The molecule has 0 aliphatic carbocycles. The van der Waals surface area contributed by atoms with Crippen LogP contribution < -0.4 is 10.9 Å². The molecule has 0 aliphatic rings. The lowest BCUT2D eigenvalue weighted by molar-refractivity contribution is 0.102. The van der Waals surface area contributed by atoms with E-state index in [9.17, 15) is 14.7 Å². The van der Waals surface area contributed by atoms with Gasteiger partial charge in [-0.3, -0.25) is 9.59 Å². The lowest BCUT2D eigenvalue weighted by atomic mass is 10.2. The van der Waals surface area contributed by atoms with Gasteiger partial charge < -0.3 is 15.4 Å². The lowest BCUT2D eigenvalue weighted by Gasteiger charge is -2.08. The Morgan fingerprint density at radius 1 is 1.33 bits per heavy atom. The van der Waals surface area contributed by atoms with E-state index >= 15 is 0 Å². The van der Waals surface area contributed by atoms with Crippen molar-refractivity contribution in [2.24, 2.45) is 0 Å². The van der Waals surface area contributed by atoms with Crippen molar-refractivity contribution in [1.82, 2.24) is 4.98 Å². The summed E-state index contributed by atoms with van der Waals surface area (Å²) < 4.78 is 0. The minimum Gasteiger partial charge on any atom is -0.507 e. The number of aromatic amines is 1. The number of aromatic hydroxyl groups is 1. The highest BCUT2D eigenvalue weighted by molar-refractivity contribution is 6.06. The van der Waals surface area contributed by atoms with Gasteiger partial charge in [0.25, 0.3) is 11.5 Å². The second-order valence-electron chi connectivity index (χ2n) is 3.87. The molecule has 5 nitrogen and oxygen atoms in total. The van der Waals surface area contributed by atoms with Crippen molar-refractivity contribution in [2.45, 2.75) is 6.92 Å². The summed E-state index contributed by atoms with van der Waals surface area (Å²) in [4.78, 5) is 25.2. The molecule has 0 saturated carbocycles. The van der Waals surface area contributed by atoms with Crippen molar-refractivity contribution in [1.29, 1.82) is 0 Å². The molecule has 5 heteroatoms. The number of nitrogens with one attached hydrogen (secondary N) is 2. The van der Waals surface area contributed by atoms with Gasteiger partial charge in [0.1, 0.15) is 5.75 Å². The van der Waals surface area contributed by atoms with Gasteiger partial charge in [0.2, 0.25) is 0 Å². The van der Waals surface area contributed by atoms with Gasteiger partial charge in [-0.25, -0.2) is 0 Å². The van der Waals surface area contributed by atoms with Crippen LogP contribution in [0.1, 0.15) is 15.9 Å². The van der Waals surface area contributed by atoms with Gasteiger partial charge in [0.05, 0.1) is 5.56 Å². The molecule has 1 aromatic heterocycles. The Morgan fingerprint density at radius 3 is 2.72 bits per heavy atom. The van der Waals surface area contributed by atoms with Crippen molar-refractivity contribution < 1.29 is 9.90 Å². The molecule has 0 atom stereocenters. The predicted octanol–water partition coefficient (Wildman–Crippen LogP) is 1.64. The Morgan fingerprint density at radius 2 is 2.06 bits per heavy atom. The van der Waals surface area contributed by atoms with E-state index < -0.39 is 11.5 Å². The zero-order valence-electron chi connectivity index (χ0n) is 9.73. The summed E-state index contributed by atoms with van der Waals surface area (Å²) in [5.74, 6) is -0.817. The average molecular weight is 244 g/mol. The number of benzene rings is 1. The molecule has 0 radical (unpaired) electrons. The molecule has 2 rings (SSSR count). The maximum absolute atomic E-state index is 11.9. The first-order valence-corrected chi connectivity index (χ1v) is 5.36. The fourth-order valence-electron chi connectivity index (χ4n) is 1.55. The summed E-state index contributed by atoms with van der Waals surface area (Å²) in [5, 5.41) is 12.2. The van der Waals surface area contributed by atoms with Crippen LogP contribution in [0.5, 0.6) is 5.75 Å². The van der Waals surface area contributed by atoms with Gasteiger partial charge in [0, 0.05) is 18.0 Å². The van der Waals surface area contributed by atoms with Gasteiger partial charge in [-0.05, 0) is 18.6 Å². The fraction of sp³-hybridized carbons (Fsp3) is 0.0769. The summed E-state index contributed by atoms with van der Waals surface area (Å²) in [6.45, 7) is 1.86. The molecular weight excluding hydrogens is 232 g/mol. The second-order valence-corrected chi connectivity index (χ2v) is 3.87. The molecule has 0 fully saturated rings. The highest BCUT2D eigenvalue weighted by atomic mass is 16.3. The number of carbonyl (C=O) groups is 1. The van der Waals surface area contributed by atoms with Crippen molar-refractivity contribution in [3.05, 3.63) is 58.0 Å². The van der Waals surface area contributed by atoms with Crippen molar-refractivity contribution in [3.63, 3.8) is 0 Å². The first-order chi connectivity index (χ1) is 8.58. The van der Waals surface area contributed by atoms with Crippen LogP contribution in [0.2, 0.25) is 0 Å². The Bertz CT molecular complexity index is 647. The van der Waals surface area contributed by atoms with Gasteiger partial charge >= 0.3 is 0 Å². The molecule has 0 aliphatic heterocycles. The summed E-state index contributed by atoms with van der Waals surface area (Å²) >= 11 is 0. The van der Waals surface area contributed by atoms with Crippen LogP contribution in [0.3, 0.4) is 0 Å². The van der Waals surface area contributed by atoms with Crippen LogP contribution in [-0.4, -0.2) is 16.0 Å². The molecule has 1 amide bonds. The fourth-order valence-corrected chi connectivity index (χ4v) is 1.55. The Balaban J connectivity index is 2.28. The number of carbonyl (C=O) groups excluding carboxylic acids is 1. The van der Waals surface area contributed by atoms with E-state index in [1.54, 1.807) is 12.1 Å². The normalized spacial score (nSPS) is 10.1. The number of rotatable bonds is 2. The van der Waals surface area contributed by atoms with Crippen LogP contribution in [-0.2, 0) is 0 Å². The number of H-pyrrole nitrogens is 1. The minimum absolute atomic E-state index is 0.0258. The van der Waals surface area contributed by atoms with Crippen LogP contribution in [0, 0.1) is 6.92 Å². The van der Waals surface area contributed by atoms with E-state index in [4.69, 9.17) is 0 Å². The summed E-state index contributed by atoms with van der Waals surface area (Å²) in [5.41, 5.74) is 1.14. The highest BCUT2D eigenvalue weighted by Crippen LogP contribution is 2.17. The minimum atomic E-state index is -0.474. The third-order valence-electron chi connectivity index (χ3n) is 2.54. The first kappa shape index (κ1) is 11.9. The quantitative estimate of drug-likeness (QED) is 0.751. The summed E-state index contributed by atoms with van der Waals surface area (Å²) in [7, 11) is 0. The topological polar surface area (TPSA) is 82.2 Å². The number of amides is 1. The Kier molecular flexibility index (Phi) is 3.14. The smallest absolute Gasteiger partial charge is 0.260 e. The number of hydrogen-bond acceptors (Lipinski definition) is 3. The molecule has 3 N–H and O–H groups in total. The molecule has 1 heterocycles. The Labute approximate surface area is 103 Å². The summed E-state index contributed by atoms with van der Waals surface area (Å²) in [6.07, 6.45) is 1.19. The highest BCUT2D eigenvalue weighted by Gasteiger charge is 2.12. The van der Waals surface area contributed by atoms with E-state index in [-0.39, 0.29) is 11.3 Å². The molecule has 92 valence electrons. The van der Waals surface area contributed by atoms with E-state index in [0.717, 1.165) is 11.6 Å². The van der Waals surface area contributed by atoms with Crippen LogP contribution in [0.15, 0.2) is 41.3 Å². The number of aromatic nitrogens is 1. The first-order valence-electron chi connectivity index (χ1n) is 5.36. The molecule has 1 aromatic carbocycles. The predicted molar refractivity (Wildman–Crippen MR) is 67.9 cm³/mol. The standard InChI is InChI=1S/C13H12N2O3/c1-8-4-2-3-5-10(8)15-13(18)9-7-14-12(17)6-11(9)16/h2-7H,1H3,(H,15,18)(H2,14,16,17). The number of aryl methyl sites for hydroxylation is 1. The number of hydrogen-bond donors (Lipinski definition) is 3. The lowest BCUT2D eigenvalue weighted by Crippen LogP contribution is -2.15. The average Bonchev–Trinajstić information content (AvgIpc) is 2.32. The molecule has 0 saturated heterocycles. The van der Waals surface area contributed by atoms with E-state index in [1.165, 1.54) is 6.20 Å². The molecule has 0 unspecified atom stereocenters. The van der Waals surface area contributed by atoms with Gasteiger partial charge in [-0.1, -0.05) is 18.2 Å². The molecule has 0 bridgehead atoms. The number of pyridine rings is 1. The van der Waals surface area contributed by atoms with Crippen molar-refractivity contribution >= 4 is 11.6 Å². The molecule has 18 heavy (non-hydrogen) atoms. The van der Waals surface area contributed by atoms with Crippen molar-refractivity contribution in [3.8, 4) is 5.75 Å². The van der Waals surface area contributed by atoms with E-state index in [1.807, 2.05) is 19.1 Å². The molecule has 0 spiro atoms. The van der Waals surface area contributed by atoms with E-state index in [2.05, 4.69) is 10.3 Å². The SMILES string of the molecule is Cc1ccccc1NC(=O)c1c[nH]c(=O)cc1O. The number of para-hydroxylation sites is 1. The van der Waals surface area contributed by atoms with Gasteiger partial charge in [-0.2, -0.15) is 0 Å². The third-order valence-corrected chi connectivity index (χ3v) is 2.54. The maximum Gasteiger partial charge on any atom is 0.260 e. The zero-order valence-corrected chi connectivity index (χ0v) is 9.73. The van der Waals surface area contributed by atoms with Crippen LogP contribution in [0.25, 0.3) is 0 Å². The Hall–Kier alpha value is -2.56. The monoisotopic (exact) mass is 244 g/mol. The van der Waals surface area contributed by atoms with Crippen molar-refractivity contribution in [2.75, 3.05) is 5.32 Å². The van der Waals surface area contributed by atoms with Gasteiger partial charge in [-0.15, -0.1) is 0 Å². The van der Waals surface area contributed by atoms with Crippen LogP contribution in [0.4, 0.5) is 5.69 Å². The molecular formula is C13H12N2O3. The van der Waals surface area contributed by atoms with Crippen LogP contribution >= 0.6 is 0 Å². The van der Waals surface area contributed by atoms with E-state index in [0.29, 0.717) is 5.69 Å². The maximum atomic E-state index is 11.9. The largest absolute Gasteiger partial charge is 0.507 e.